The lowest BCUT2D eigenvalue weighted by atomic mass is 9.80. The zero-order valence-corrected chi connectivity index (χ0v) is 30.6. The van der Waals surface area contributed by atoms with Gasteiger partial charge in [0.05, 0.1) is 19.3 Å². The number of ether oxygens (including phenoxy) is 3. The van der Waals surface area contributed by atoms with Crippen LogP contribution in [0.1, 0.15) is 51.3 Å². The van der Waals surface area contributed by atoms with Crippen LogP contribution < -0.4 is 10.1 Å². The van der Waals surface area contributed by atoms with Crippen molar-refractivity contribution in [2.24, 2.45) is 0 Å². The van der Waals surface area contributed by atoms with E-state index >= 15 is 0 Å². The molecule has 7 aromatic rings. The molecule has 1 aliphatic rings. The number of fused-ring (bicyclic) bond motifs is 1. The maximum absolute atomic E-state index is 7.07. The normalized spacial score (nSPS) is 15.9. The summed E-state index contributed by atoms with van der Waals surface area (Å²) in [5.41, 5.74) is 7.49. The summed E-state index contributed by atoms with van der Waals surface area (Å²) in [6.07, 6.45) is 1.90. The molecule has 0 spiro atoms. The molecule has 7 aromatic carbocycles. The van der Waals surface area contributed by atoms with Crippen LogP contribution in [0.3, 0.4) is 0 Å². The Morgan fingerprint density at radius 1 is 0.556 bits per heavy atom. The van der Waals surface area contributed by atoms with Crippen molar-refractivity contribution >= 4 is 10.8 Å². The van der Waals surface area contributed by atoms with E-state index in [-0.39, 0.29) is 6.10 Å². The molecule has 4 heteroatoms. The molecule has 8 rings (SSSR count). The fraction of sp³-hybridized carbons (Fsp3) is 0.200. The van der Waals surface area contributed by atoms with Gasteiger partial charge in [-0.15, -0.1) is 0 Å². The first-order valence-corrected chi connectivity index (χ1v) is 19.2. The van der Waals surface area contributed by atoms with E-state index in [1.807, 2.05) is 18.2 Å². The van der Waals surface area contributed by atoms with Gasteiger partial charge in [0.15, 0.2) is 0 Å². The average molecular weight is 710 g/mol. The van der Waals surface area contributed by atoms with Crippen molar-refractivity contribution in [2.45, 2.75) is 43.7 Å². The minimum Gasteiger partial charge on any atom is -0.488 e. The lowest BCUT2D eigenvalue weighted by molar-refractivity contribution is 0.0105. The number of benzene rings is 7. The maximum atomic E-state index is 7.07. The maximum Gasteiger partial charge on any atom is 0.143 e. The highest BCUT2D eigenvalue weighted by Crippen LogP contribution is 2.40. The van der Waals surface area contributed by atoms with Crippen molar-refractivity contribution in [1.29, 1.82) is 0 Å². The average Bonchev–Trinajstić information content (AvgIpc) is 3.25. The summed E-state index contributed by atoms with van der Waals surface area (Å²) >= 11 is 0. The van der Waals surface area contributed by atoms with Gasteiger partial charge in [-0.05, 0) is 75.8 Å². The topological polar surface area (TPSA) is 39.7 Å². The predicted molar refractivity (Wildman–Crippen MR) is 219 cm³/mol. The van der Waals surface area contributed by atoms with Crippen LogP contribution in [-0.2, 0) is 34.7 Å². The van der Waals surface area contributed by atoms with E-state index in [1.165, 1.54) is 11.1 Å². The van der Waals surface area contributed by atoms with Gasteiger partial charge in [0.1, 0.15) is 18.0 Å². The van der Waals surface area contributed by atoms with Crippen molar-refractivity contribution in [3.05, 3.63) is 221 Å². The molecule has 0 saturated carbocycles. The molecule has 0 aliphatic carbocycles. The van der Waals surface area contributed by atoms with Crippen LogP contribution >= 0.6 is 0 Å². The molecule has 2 atom stereocenters. The van der Waals surface area contributed by atoms with Crippen molar-refractivity contribution in [2.75, 3.05) is 19.7 Å². The number of rotatable bonds is 14. The number of nitrogens with one attached hydrogen (secondary N) is 1. The Morgan fingerprint density at radius 3 is 1.80 bits per heavy atom. The van der Waals surface area contributed by atoms with Gasteiger partial charge in [0.25, 0.3) is 0 Å². The van der Waals surface area contributed by atoms with Crippen LogP contribution in [0.15, 0.2) is 182 Å². The van der Waals surface area contributed by atoms with E-state index in [0.717, 1.165) is 70.3 Å². The van der Waals surface area contributed by atoms with Crippen LogP contribution in [0.25, 0.3) is 10.8 Å². The highest BCUT2D eigenvalue weighted by molar-refractivity contribution is 5.89. The molecule has 54 heavy (non-hydrogen) atoms. The largest absolute Gasteiger partial charge is 0.488 e. The van der Waals surface area contributed by atoms with Gasteiger partial charge >= 0.3 is 0 Å². The highest BCUT2D eigenvalue weighted by Gasteiger charge is 2.37. The molecule has 1 saturated heterocycles. The Hall–Kier alpha value is -5.52. The Kier molecular flexibility index (Phi) is 11.2. The minimum atomic E-state index is -0.719. The molecule has 0 aromatic heterocycles. The van der Waals surface area contributed by atoms with Gasteiger partial charge in [0.2, 0.25) is 0 Å². The van der Waals surface area contributed by atoms with Gasteiger partial charge in [-0.2, -0.15) is 0 Å². The van der Waals surface area contributed by atoms with E-state index in [1.54, 1.807) is 0 Å². The summed E-state index contributed by atoms with van der Waals surface area (Å²) in [6.45, 7) is 3.43. The summed E-state index contributed by atoms with van der Waals surface area (Å²) in [4.78, 5) is 0. The molecule has 1 fully saturated rings. The quantitative estimate of drug-likeness (QED) is 0.114. The summed E-state index contributed by atoms with van der Waals surface area (Å²) in [5, 5.41) is 5.85. The Morgan fingerprint density at radius 2 is 1.15 bits per heavy atom. The van der Waals surface area contributed by atoms with E-state index in [9.17, 15) is 0 Å². The second-order valence-electron chi connectivity index (χ2n) is 14.2. The van der Waals surface area contributed by atoms with Gasteiger partial charge in [-0.3, -0.25) is 0 Å². The van der Waals surface area contributed by atoms with E-state index < -0.39 is 5.60 Å². The Labute approximate surface area is 319 Å². The molecule has 0 radical (unpaired) electrons. The summed E-state index contributed by atoms with van der Waals surface area (Å²) in [7, 11) is 0. The predicted octanol–water partition coefficient (Wildman–Crippen LogP) is 10.6. The molecular weight excluding hydrogens is 663 g/mol. The van der Waals surface area contributed by atoms with Gasteiger partial charge < -0.3 is 19.5 Å². The third-order valence-corrected chi connectivity index (χ3v) is 10.7. The first kappa shape index (κ1) is 35.5. The van der Waals surface area contributed by atoms with Crippen LogP contribution in [-0.4, -0.2) is 25.8 Å². The Bertz CT molecular complexity index is 2110. The Balaban J connectivity index is 0.955. The second-order valence-corrected chi connectivity index (χ2v) is 14.2. The third kappa shape index (κ3) is 8.02. The zero-order chi connectivity index (χ0) is 36.4. The molecule has 1 heterocycles. The highest BCUT2D eigenvalue weighted by atomic mass is 16.5. The summed E-state index contributed by atoms with van der Waals surface area (Å²) in [6, 6.07) is 64.0. The third-order valence-electron chi connectivity index (χ3n) is 10.7. The molecule has 2 unspecified atom stereocenters. The molecule has 1 aliphatic heterocycles. The van der Waals surface area contributed by atoms with Gasteiger partial charge in [0, 0.05) is 17.8 Å². The van der Waals surface area contributed by atoms with E-state index in [0.29, 0.717) is 25.7 Å². The summed E-state index contributed by atoms with van der Waals surface area (Å²) in [5.74, 6) is 1.20. The molecule has 1 N–H and O–H groups in total. The number of hydrogen-bond acceptors (Lipinski definition) is 4. The SMILES string of the molecule is c1ccc(COc2cc(COC3CNCCC3c3ccc(CCOC(c4ccccc4)(c4ccccc4)c4ccccc4)cc3)cc3ccccc23)cc1. The monoisotopic (exact) mass is 709 g/mol. The van der Waals surface area contributed by atoms with Crippen molar-refractivity contribution in [3.8, 4) is 5.75 Å². The molecule has 4 nitrogen and oxygen atoms in total. The zero-order valence-electron chi connectivity index (χ0n) is 30.6. The first-order valence-electron chi connectivity index (χ1n) is 19.2. The second kappa shape index (κ2) is 17.1. The van der Waals surface area contributed by atoms with Crippen LogP contribution in [0.4, 0.5) is 0 Å². The van der Waals surface area contributed by atoms with Crippen LogP contribution in [0.2, 0.25) is 0 Å². The first-order chi connectivity index (χ1) is 26.8. The number of piperidine rings is 1. The van der Waals surface area contributed by atoms with Crippen LogP contribution in [0.5, 0.6) is 5.75 Å². The van der Waals surface area contributed by atoms with Crippen molar-refractivity contribution in [3.63, 3.8) is 0 Å². The van der Waals surface area contributed by atoms with E-state index in [4.69, 9.17) is 14.2 Å². The van der Waals surface area contributed by atoms with Gasteiger partial charge in [-0.1, -0.05) is 170 Å². The standard InChI is InChI=1S/C50H47NO3/c1-5-15-39(16-6-1)36-52-48-34-40(33-42-17-13-14-24-46(42)48)37-53-49-35-51-31-29-47(49)41-27-25-38(26-28-41)30-32-54-50(43-18-7-2-8-19-43,44-20-9-3-10-21-44)45-22-11-4-12-23-45/h1-28,33-34,47,49,51H,29-32,35-37H2. The van der Waals surface area contributed by atoms with Crippen molar-refractivity contribution in [1.82, 2.24) is 5.32 Å². The smallest absolute Gasteiger partial charge is 0.143 e. The molecule has 270 valence electrons. The summed E-state index contributed by atoms with van der Waals surface area (Å²) < 4.78 is 20.2. The fourth-order valence-corrected chi connectivity index (χ4v) is 7.88. The number of hydrogen-bond donors (Lipinski definition) is 1. The lowest BCUT2D eigenvalue weighted by Gasteiger charge is -2.36. The van der Waals surface area contributed by atoms with Crippen LogP contribution in [0, 0.1) is 0 Å². The van der Waals surface area contributed by atoms with Crippen molar-refractivity contribution < 1.29 is 14.2 Å². The molecule has 0 amide bonds. The van der Waals surface area contributed by atoms with E-state index in [2.05, 4.69) is 169 Å². The fourth-order valence-electron chi connectivity index (χ4n) is 7.88. The minimum absolute atomic E-state index is 0.0660. The van der Waals surface area contributed by atoms with Gasteiger partial charge in [-0.25, -0.2) is 0 Å². The lowest BCUT2D eigenvalue weighted by Crippen LogP contribution is -2.41. The molecular formula is C50H47NO3. The molecule has 0 bridgehead atoms.